The Morgan fingerprint density at radius 2 is 1.95 bits per heavy atom. The van der Waals surface area contributed by atoms with Gasteiger partial charge < -0.3 is 4.90 Å². The second-order valence-electron chi connectivity index (χ2n) is 5.85. The molecule has 1 aliphatic rings. The second kappa shape index (κ2) is 7.41. The van der Waals surface area contributed by atoms with Gasteiger partial charge in [-0.05, 0) is 59.2 Å². The van der Waals surface area contributed by atoms with Crippen LogP contribution in [0.2, 0.25) is 0 Å². The minimum absolute atomic E-state index is 0.143. The Morgan fingerprint density at radius 1 is 1.18 bits per heavy atom. The molecule has 2 heterocycles. The SMILES string of the molecule is O=C(/C=C/c1ccsc1)N1CCC(Cc2ccccc2)CC1. The van der Waals surface area contributed by atoms with Crippen LogP contribution in [-0.2, 0) is 11.2 Å². The van der Waals surface area contributed by atoms with Gasteiger partial charge in [0.25, 0.3) is 0 Å². The van der Waals surface area contributed by atoms with Gasteiger partial charge in [-0.1, -0.05) is 30.3 Å². The van der Waals surface area contributed by atoms with E-state index in [0.29, 0.717) is 5.92 Å². The van der Waals surface area contributed by atoms with Crippen molar-refractivity contribution in [2.75, 3.05) is 13.1 Å². The van der Waals surface area contributed by atoms with Gasteiger partial charge in [-0.15, -0.1) is 0 Å². The molecule has 2 nitrogen and oxygen atoms in total. The van der Waals surface area contributed by atoms with E-state index in [1.54, 1.807) is 17.4 Å². The zero-order valence-corrected chi connectivity index (χ0v) is 13.5. The highest BCUT2D eigenvalue weighted by Gasteiger charge is 2.21. The lowest BCUT2D eigenvalue weighted by molar-refractivity contribution is -0.127. The Bertz CT molecular complexity index is 610. The van der Waals surface area contributed by atoms with Gasteiger partial charge in [-0.2, -0.15) is 11.3 Å². The van der Waals surface area contributed by atoms with Crippen molar-refractivity contribution in [3.05, 3.63) is 64.4 Å². The summed E-state index contributed by atoms with van der Waals surface area (Å²) in [5.74, 6) is 0.844. The number of amides is 1. The van der Waals surface area contributed by atoms with E-state index in [-0.39, 0.29) is 5.91 Å². The standard InChI is InChI=1S/C19H21NOS/c21-19(7-6-18-10-13-22-15-18)20-11-8-17(9-12-20)14-16-4-2-1-3-5-16/h1-7,10,13,15,17H,8-9,11-12,14H2/b7-6+. The van der Waals surface area contributed by atoms with Crippen LogP contribution >= 0.6 is 11.3 Å². The summed E-state index contributed by atoms with van der Waals surface area (Å²) in [5, 5.41) is 4.08. The summed E-state index contributed by atoms with van der Waals surface area (Å²) >= 11 is 1.65. The molecule has 114 valence electrons. The van der Waals surface area contributed by atoms with E-state index in [1.807, 2.05) is 22.4 Å². The van der Waals surface area contributed by atoms with E-state index >= 15 is 0 Å². The number of benzene rings is 1. The number of carbonyl (C=O) groups excluding carboxylic acids is 1. The van der Waals surface area contributed by atoms with Crippen molar-refractivity contribution in [2.45, 2.75) is 19.3 Å². The molecule has 0 N–H and O–H groups in total. The third kappa shape index (κ3) is 4.08. The molecular weight excluding hydrogens is 290 g/mol. The molecule has 0 radical (unpaired) electrons. The normalized spacial score (nSPS) is 16.3. The number of rotatable bonds is 4. The maximum atomic E-state index is 12.2. The van der Waals surface area contributed by atoms with Crippen LogP contribution < -0.4 is 0 Å². The maximum absolute atomic E-state index is 12.2. The van der Waals surface area contributed by atoms with Crippen LogP contribution in [0.1, 0.15) is 24.0 Å². The molecule has 0 aliphatic carbocycles. The molecule has 0 unspecified atom stereocenters. The Balaban J connectivity index is 1.48. The summed E-state index contributed by atoms with van der Waals surface area (Å²) in [6.45, 7) is 1.76. The van der Waals surface area contributed by atoms with Gasteiger partial charge in [0, 0.05) is 19.2 Å². The van der Waals surface area contributed by atoms with Crippen molar-refractivity contribution in [2.24, 2.45) is 5.92 Å². The van der Waals surface area contributed by atoms with Crippen LogP contribution in [-0.4, -0.2) is 23.9 Å². The zero-order chi connectivity index (χ0) is 15.2. The van der Waals surface area contributed by atoms with Crippen molar-refractivity contribution in [1.82, 2.24) is 4.90 Å². The first kappa shape index (κ1) is 15.0. The first-order valence-electron chi connectivity index (χ1n) is 7.84. The van der Waals surface area contributed by atoms with Crippen LogP contribution in [0.4, 0.5) is 0 Å². The first-order valence-corrected chi connectivity index (χ1v) is 8.78. The molecule has 1 saturated heterocycles. The fourth-order valence-corrected chi connectivity index (χ4v) is 3.58. The molecular formula is C19H21NOS. The van der Waals surface area contributed by atoms with E-state index in [0.717, 1.165) is 37.9 Å². The number of hydrogen-bond acceptors (Lipinski definition) is 2. The summed E-state index contributed by atoms with van der Waals surface area (Å²) in [6, 6.07) is 12.7. The van der Waals surface area contributed by atoms with E-state index in [4.69, 9.17) is 0 Å². The van der Waals surface area contributed by atoms with E-state index in [2.05, 4.69) is 35.7 Å². The highest BCUT2D eigenvalue weighted by molar-refractivity contribution is 7.08. The predicted octanol–water partition coefficient (Wildman–Crippen LogP) is 4.24. The van der Waals surface area contributed by atoms with Gasteiger partial charge in [0.15, 0.2) is 0 Å². The number of carbonyl (C=O) groups is 1. The molecule has 1 fully saturated rings. The van der Waals surface area contributed by atoms with Crippen molar-refractivity contribution in [3.8, 4) is 0 Å². The number of thiophene rings is 1. The van der Waals surface area contributed by atoms with Crippen molar-refractivity contribution >= 4 is 23.3 Å². The predicted molar refractivity (Wildman–Crippen MR) is 92.8 cm³/mol. The van der Waals surface area contributed by atoms with Crippen molar-refractivity contribution < 1.29 is 4.79 Å². The first-order chi connectivity index (χ1) is 10.8. The van der Waals surface area contributed by atoms with Crippen LogP contribution in [0.5, 0.6) is 0 Å². The highest BCUT2D eigenvalue weighted by atomic mass is 32.1. The number of piperidine rings is 1. The van der Waals surface area contributed by atoms with Gasteiger partial charge in [0.1, 0.15) is 0 Å². The summed E-state index contributed by atoms with van der Waals surface area (Å²) < 4.78 is 0. The fraction of sp³-hybridized carbons (Fsp3) is 0.316. The Morgan fingerprint density at radius 3 is 2.64 bits per heavy atom. The second-order valence-corrected chi connectivity index (χ2v) is 6.63. The van der Waals surface area contributed by atoms with Gasteiger partial charge in [0.2, 0.25) is 5.91 Å². The molecule has 3 rings (SSSR count). The minimum atomic E-state index is 0.143. The van der Waals surface area contributed by atoms with Crippen molar-refractivity contribution in [1.29, 1.82) is 0 Å². The Hall–Kier alpha value is -1.87. The van der Waals surface area contributed by atoms with Crippen LogP contribution in [0.15, 0.2) is 53.2 Å². The van der Waals surface area contributed by atoms with E-state index in [1.165, 1.54) is 5.56 Å². The van der Waals surface area contributed by atoms with Crippen LogP contribution in [0, 0.1) is 5.92 Å². The zero-order valence-electron chi connectivity index (χ0n) is 12.7. The van der Waals surface area contributed by atoms with Crippen LogP contribution in [0.25, 0.3) is 6.08 Å². The molecule has 3 heteroatoms. The molecule has 0 bridgehead atoms. The summed E-state index contributed by atoms with van der Waals surface area (Å²) in [7, 11) is 0. The average molecular weight is 311 g/mol. The molecule has 1 aromatic carbocycles. The number of likely N-dealkylation sites (tertiary alicyclic amines) is 1. The quantitative estimate of drug-likeness (QED) is 0.773. The van der Waals surface area contributed by atoms with Gasteiger partial charge in [-0.3, -0.25) is 4.79 Å². The number of nitrogens with zero attached hydrogens (tertiary/aromatic N) is 1. The molecule has 0 saturated carbocycles. The maximum Gasteiger partial charge on any atom is 0.246 e. The number of hydrogen-bond donors (Lipinski definition) is 0. The van der Waals surface area contributed by atoms with Gasteiger partial charge in [-0.25, -0.2) is 0 Å². The molecule has 22 heavy (non-hydrogen) atoms. The molecule has 1 aliphatic heterocycles. The Labute approximate surface area is 136 Å². The van der Waals surface area contributed by atoms with Gasteiger partial charge in [0.05, 0.1) is 0 Å². The smallest absolute Gasteiger partial charge is 0.246 e. The van der Waals surface area contributed by atoms with E-state index < -0.39 is 0 Å². The molecule has 2 aromatic rings. The van der Waals surface area contributed by atoms with Crippen molar-refractivity contribution in [3.63, 3.8) is 0 Å². The minimum Gasteiger partial charge on any atom is -0.339 e. The Kier molecular flexibility index (Phi) is 5.07. The monoisotopic (exact) mass is 311 g/mol. The average Bonchev–Trinajstić information content (AvgIpc) is 3.08. The molecule has 1 aromatic heterocycles. The lowest BCUT2D eigenvalue weighted by atomic mass is 9.90. The molecule has 0 atom stereocenters. The third-order valence-electron chi connectivity index (χ3n) is 4.25. The summed E-state index contributed by atoms with van der Waals surface area (Å²) in [6.07, 6.45) is 6.96. The molecule has 1 amide bonds. The van der Waals surface area contributed by atoms with Gasteiger partial charge >= 0.3 is 0 Å². The largest absolute Gasteiger partial charge is 0.339 e. The summed E-state index contributed by atoms with van der Waals surface area (Å²) in [5.41, 5.74) is 2.52. The fourth-order valence-electron chi connectivity index (χ4n) is 2.95. The summed E-state index contributed by atoms with van der Waals surface area (Å²) in [4.78, 5) is 14.2. The topological polar surface area (TPSA) is 20.3 Å². The lowest BCUT2D eigenvalue weighted by Crippen LogP contribution is -2.37. The van der Waals surface area contributed by atoms with E-state index in [9.17, 15) is 4.79 Å². The third-order valence-corrected chi connectivity index (χ3v) is 4.96. The molecule has 0 spiro atoms. The lowest BCUT2D eigenvalue weighted by Gasteiger charge is -2.31. The van der Waals surface area contributed by atoms with Crippen LogP contribution in [0.3, 0.4) is 0 Å². The highest BCUT2D eigenvalue weighted by Crippen LogP contribution is 2.22.